The van der Waals surface area contributed by atoms with Crippen molar-refractivity contribution < 1.29 is 4.90 Å². The predicted molar refractivity (Wildman–Crippen MR) is 129 cm³/mol. The number of fused-ring (bicyclic) bond motifs is 5. The smallest absolute Gasteiger partial charge is 0.268 e. The third-order valence-corrected chi connectivity index (χ3v) is 7.99. The minimum absolute atomic E-state index is 0.00256. The first kappa shape index (κ1) is 19.7. The average Bonchev–Trinajstić information content (AvgIpc) is 3.42. The van der Waals surface area contributed by atoms with Gasteiger partial charge in [0.05, 0.1) is 22.5 Å². The van der Waals surface area contributed by atoms with Crippen molar-refractivity contribution in [2.75, 3.05) is 12.8 Å². The molecule has 6 nitrogen and oxygen atoms in total. The molecule has 0 bridgehead atoms. The Hall–Kier alpha value is -2.94. The highest BCUT2D eigenvalue weighted by atomic mass is 32.2. The molecule has 0 amide bonds. The second-order valence-corrected chi connectivity index (χ2v) is 9.93. The van der Waals surface area contributed by atoms with Crippen LogP contribution in [0.1, 0.15) is 16.0 Å². The van der Waals surface area contributed by atoms with Crippen LogP contribution >= 0.6 is 23.1 Å². The van der Waals surface area contributed by atoms with E-state index >= 15 is 0 Å². The van der Waals surface area contributed by atoms with E-state index in [0.717, 1.165) is 47.1 Å². The van der Waals surface area contributed by atoms with Crippen molar-refractivity contribution >= 4 is 39.1 Å². The number of rotatable bonds is 4. The van der Waals surface area contributed by atoms with Gasteiger partial charge in [-0.05, 0) is 24.0 Å². The van der Waals surface area contributed by atoms with Crippen molar-refractivity contribution in [2.45, 2.75) is 24.7 Å². The normalized spacial score (nSPS) is 16.0. The first-order valence-electron chi connectivity index (χ1n) is 10.7. The van der Waals surface area contributed by atoms with Crippen LogP contribution in [0.15, 0.2) is 70.6 Å². The Morgan fingerprint density at radius 2 is 1.81 bits per heavy atom. The Morgan fingerprint density at radius 1 is 1.06 bits per heavy atom. The van der Waals surface area contributed by atoms with Gasteiger partial charge in [0.15, 0.2) is 5.16 Å². The predicted octanol–water partition coefficient (Wildman–Crippen LogP) is 2.96. The number of thioether (sulfide) groups is 1. The maximum absolute atomic E-state index is 13.8. The molecule has 0 radical (unpaired) electrons. The minimum atomic E-state index is 0.00256. The lowest BCUT2D eigenvalue weighted by molar-refractivity contribution is -0.929. The molecule has 5 aromatic rings. The molecule has 1 atom stereocenters. The standard InChI is InChI=1S/C24H21N5OS2/c1-31-24-26-25-23-28(17-10-6-3-7-11-17)21(30)20-18-12-13-27(14-16-8-4-2-5-9-16)15-19(18)32-22(20)29(23)24/h2-11H,12-15H2,1H3/p+1. The molecular weight excluding hydrogens is 438 g/mol. The van der Waals surface area contributed by atoms with Gasteiger partial charge < -0.3 is 4.90 Å². The molecule has 160 valence electrons. The maximum atomic E-state index is 13.8. The molecule has 0 saturated heterocycles. The topological polar surface area (TPSA) is 56.6 Å². The number of nitrogens with zero attached hydrogens (tertiary/aromatic N) is 4. The number of benzene rings is 2. The number of thiophene rings is 1. The highest BCUT2D eigenvalue weighted by Gasteiger charge is 2.29. The van der Waals surface area contributed by atoms with Crippen LogP contribution in [0.25, 0.3) is 21.7 Å². The highest BCUT2D eigenvalue weighted by Crippen LogP contribution is 2.33. The Bertz CT molecular complexity index is 1490. The summed E-state index contributed by atoms with van der Waals surface area (Å²) >= 11 is 3.28. The van der Waals surface area contributed by atoms with E-state index in [4.69, 9.17) is 0 Å². The summed E-state index contributed by atoms with van der Waals surface area (Å²) in [6.45, 7) is 2.96. The fourth-order valence-electron chi connectivity index (χ4n) is 4.67. The molecule has 3 aromatic heterocycles. The van der Waals surface area contributed by atoms with Gasteiger partial charge in [0.25, 0.3) is 5.56 Å². The second kappa shape index (κ2) is 7.88. The Labute approximate surface area is 193 Å². The average molecular weight is 461 g/mol. The molecule has 1 aliphatic heterocycles. The summed E-state index contributed by atoms with van der Waals surface area (Å²) in [6, 6.07) is 20.4. The van der Waals surface area contributed by atoms with Crippen molar-refractivity contribution in [1.29, 1.82) is 0 Å². The van der Waals surface area contributed by atoms with Crippen LogP contribution in [0.3, 0.4) is 0 Å². The van der Waals surface area contributed by atoms with Gasteiger partial charge in [-0.2, -0.15) is 0 Å². The van der Waals surface area contributed by atoms with Crippen LogP contribution in [0.4, 0.5) is 0 Å². The van der Waals surface area contributed by atoms with Crippen molar-refractivity contribution in [2.24, 2.45) is 0 Å². The molecule has 0 fully saturated rings. The van der Waals surface area contributed by atoms with Gasteiger partial charge >= 0.3 is 0 Å². The van der Waals surface area contributed by atoms with E-state index in [1.54, 1.807) is 27.7 Å². The molecule has 0 saturated carbocycles. The summed E-state index contributed by atoms with van der Waals surface area (Å²) in [4.78, 5) is 17.6. The van der Waals surface area contributed by atoms with Crippen molar-refractivity contribution in [3.05, 3.63) is 87.0 Å². The van der Waals surface area contributed by atoms with Gasteiger partial charge in [0.2, 0.25) is 5.78 Å². The van der Waals surface area contributed by atoms with Crippen LogP contribution in [0.2, 0.25) is 0 Å². The molecule has 8 heteroatoms. The molecule has 32 heavy (non-hydrogen) atoms. The van der Waals surface area contributed by atoms with E-state index in [1.807, 2.05) is 36.6 Å². The van der Waals surface area contributed by atoms with E-state index in [-0.39, 0.29) is 5.56 Å². The van der Waals surface area contributed by atoms with Crippen LogP contribution in [-0.2, 0) is 19.5 Å². The first-order chi connectivity index (χ1) is 15.7. The van der Waals surface area contributed by atoms with Gasteiger partial charge in [0.1, 0.15) is 17.9 Å². The zero-order valence-electron chi connectivity index (χ0n) is 17.6. The third-order valence-electron chi connectivity index (χ3n) is 6.14. The molecule has 0 spiro atoms. The van der Waals surface area contributed by atoms with Crippen molar-refractivity contribution in [3.63, 3.8) is 0 Å². The molecule has 6 rings (SSSR count). The van der Waals surface area contributed by atoms with E-state index in [1.165, 1.54) is 20.9 Å². The summed E-state index contributed by atoms with van der Waals surface area (Å²) in [5.41, 5.74) is 3.38. The Kier molecular flexibility index (Phi) is 4.86. The number of para-hydroxylation sites is 1. The summed E-state index contributed by atoms with van der Waals surface area (Å²) in [5, 5.41) is 10.4. The number of quaternary nitrogens is 1. The summed E-state index contributed by atoms with van der Waals surface area (Å²) in [7, 11) is 0. The molecule has 1 aliphatic rings. The molecule has 1 unspecified atom stereocenters. The molecule has 0 aliphatic carbocycles. The van der Waals surface area contributed by atoms with Crippen molar-refractivity contribution in [3.8, 4) is 5.69 Å². The van der Waals surface area contributed by atoms with Gasteiger partial charge in [-0.1, -0.05) is 60.3 Å². The molecule has 2 aromatic carbocycles. The quantitative estimate of drug-likeness (QED) is 0.419. The zero-order valence-corrected chi connectivity index (χ0v) is 19.2. The second-order valence-electron chi connectivity index (χ2n) is 8.07. The van der Waals surface area contributed by atoms with E-state index in [9.17, 15) is 4.79 Å². The third kappa shape index (κ3) is 3.09. The maximum Gasteiger partial charge on any atom is 0.268 e. The molecule has 4 heterocycles. The minimum Gasteiger partial charge on any atom is -0.326 e. The Balaban J connectivity index is 1.54. The zero-order chi connectivity index (χ0) is 21.7. The fraction of sp³-hybridized carbons (Fsp3) is 0.208. The van der Waals surface area contributed by atoms with Gasteiger partial charge in [-0.25, -0.2) is 8.97 Å². The van der Waals surface area contributed by atoms with Crippen LogP contribution in [0.5, 0.6) is 0 Å². The lowest BCUT2D eigenvalue weighted by atomic mass is 10.0. The number of hydrogen-bond donors (Lipinski definition) is 1. The van der Waals surface area contributed by atoms with Crippen LogP contribution < -0.4 is 10.5 Å². The highest BCUT2D eigenvalue weighted by molar-refractivity contribution is 7.98. The molecular formula is C24H22N5OS2+. The summed E-state index contributed by atoms with van der Waals surface area (Å²) in [5.74, 6) is 0.574. The van der Waals surface area contributed by atoms with Crippen LogP contribution in [0, 0.1) is 0 Å². The van der Waals surface area contributed by atoms with Gasteiger partial charge in [0, 0.05) is 12.0 Å². The van der Waals surface area contributed by atoms with Crippen LogP contribution in [-0.4, -0.2) is 32.0 Å². The SMILES string of the molecule is CSc1nnc2n(-c3ccccc3)c(=O)c3c4c(sc3n12)C[NH+](Cc1ccccc1)CC4. The van der Waals surface area contributed by atoms with E-state index < -0.39 is 0 Å². The first-order valence-corrected chi connectivity index (χ1v) is 12.7. The van der Waals surface area contributed by atoms with Crippen molar-refractivity contribution in [1.82, 2.24) is 19.2 Å². The van der Waals surface area contributed by atoms with Gasteiger partial charge in [-0.15, -0.1) is 21.5 Å². The van der Waals surface area contributed by atoms with E-state index in [2.05, 4.69) is 44.9 Å². The lowest BCUT2D eigenvalue weighted by Gasteiger charge is -2.23. The lowest BCUT2D eigenvalue weighted by Crippen LogP contribution is -3.10. The largest absolute Gasteiger partial charge is 0.326 e. The monoisotopic (exact) mass is 460 g/mol. The number of aromatic nitrogens is 4. The van der Waals surface area contributed by atoms with Gasteiger partial charge in [-0.3, -0.25) is 4.79 Å². The molecule has 1 N–H and O–H groups in total. The number of hydrogen-bond acceptors (Lipinski definition) is 5. The number of nitrogens with one attached hydrogen (secondary N) is 1. The Morgan fingerprint density at radius 3 is 2.56 bits per heavy atom. The van der Waals surface area contributed by atoms with E-state index in [0.29, 0.717) is 5.78 Å². The summed E-state index contributed by atoms with van der Waals surface area (Å²) < 4.78 is 3.78. The summed E-state index contributed by atoms with van der Waals surface area (Å²) in [6.07, 6.45) is 2.91. The fourth-order valence-corrected chi connectivity index (χ4v) is 6.61.